The highest BCUT2D eigenvalue weighted by Gasteiger charge is 2.13. The van der Waals surface area contributed by atoms with Crippen LogP contribution in [0.1, 0.15) is 20.3 Å². The molecule has 118 valence electrons. The van der Waals surface area contributed by atoms with Gasteiger partial charge in [-0.15, -0.1) is 0 Å². The highest BCUT2D eigenvalue weighted by Crippen LogP contribution is 2.24. The molecule has 0 aliphatic heterocycles. The standard InChI is InChI=1S/C18H23NO3/c1-13(2)16(20)12-18(21)19-10-11-22-17-9-5-7-14-6-3-4-8-15(14)17/h3-9,13,16,20H,10-12H2,1-2H3,(H,19,21). The van der Waals surface area contributed by atoms with Gasteiger partial charge < -0.3 is 15.2 Å². The number of rotatable bonds is 7. The Morgan fingerprint density at radius 2 is 1.91 bits per heavy atom. The van der Waals surface area contributed by atoms with E-state index in [1.54, 1.807) is 0 Å². The Hall–Kier alpha value is -2.07. The van der Waals surface area contributed by atoms with E-state index in [2.05, 4.69) is 5.32 Å². The third kappa shape index (κ3) is 4.46. The van der Waals surface area contributed by atoms with E-state index in [0.717, 1.165) is 16.5 Å². The Morgan fingerprint density at radius 3 is 2.68 bits per heavy atom. The quantitative estimate of drug-likeness (QED) is 0.773. The van der Waals surface area contributed by atoms with Crippen molar-refractivity contribution >= 4 is 16.7 Å². The molecule has 0 saturated heterocycles. The summed E-state index contributed by atoms with van der Waals surface area (Å²) >= 11 is 0. The maximum Gasteiger partial charge on any atom is 0.222 e. The number of amides is 1. The van der Waals surface area contributed by atoms with Crippen LogP contribution < -0.4 is 10.1 Å². The molecule has 2 rings (SSSR count). The lowest BCUT2D eigenvalue weighted by Gasteiger charge is -2.14. The number of nitrogens with one attached hydrogen (secondary N) is 1. The molecule has 0 saturated carbocycles. The molecule has 2 aromatic rings. The summed E-state index contributed by atoms with van der Waals surface area (Å²) in [6, 6.07) is 13.9. The molecule has 0 spiro atoms. The van der Waals surface area contributed by atoms with Gasteiger partial charge in [0.25, 0.3) is 0 Å². The van der Waals surface area contributed by atoms with E-state index in [1.165, 1.54) is 0 Å². The second-order valence-electron chi connectivity index (χ2n) is 5.69. The van der Waals surface area contributed by atoms with Gasteiger partial charge in [-0.1, -0.05) is 50.2 Å². The fraction of sp³-hybridized carbons (Fsp3) is 0.389. The maximum atomic E-state index is 11.7. The number of aliphatic hydroxyl groups excluding tert-OH is 1. The van der Waals surface area contributed by atoms with Gasteiger partial charge in [-0.05, 0) is 17.4 Å². The van der Waals surface area contributed by atoms with Gasteiger partial charge in [0.05, 0.1) is 19.1 Å². The molecule has 22 heavy (non-hydrogen) atoms. The zero-order valence-electron chi connectivity index (χ0n) is 13.1. The van der Waals surface area contributed by atoms with Crippen molar-refractivity contribution in [3.05, 3.63) is 42.5 Å². The minimum atomic E-state index is -0.598. The van der Waals surface area contributed by atoms with Crippen LogP contribution in [-0.2, 0) is 4.79 Å². The molecule has 0 aliphatic rings. The van der Waals surface area contributed by atoms with Crippen LogP contribution in [0.4, 0.5) is 0 Å². The lowest BCUT2D eigenvalue weighted by atomic mass is 10.0. The van der Waals surface area contributed by atoms with E-state index in [1.807, 2.05) is 56.3 Å². The largest absolute Gasteiger partial charge is 0.491 e. The van der Waals surface area contributed by atoms with E-state index in [9.17, 15) is 9.90 Å². The van der Waals surface area contributed by atoms with Crippen LogP contribution in [0.5, 0.6) is 5.75 Å². The molecule has 0 aliphatic carbocycles. The van der Waals surface area contributed by atoms with Crippen molar-refractivity contribution in [1.82, 2.24) is 5.32 Å². The average Bonchev–Trinajstić information content (AvgIpc) is 2.51. The van der Waals surface area contributed by atoms with Crippen molar-refractivity contribution in [2.45, 2.75) is 26.4 Å². The minimum absolute atomic E-state index is 0.0812. The second-order valence-corrected chi connectivity index (χ2v) is 5.69. The first-order valence-electron chi connectivity index (χ1n) is 7.63. The Balaban J connectivity index is 1.80. The molecule has 1 unspecified atom stereocenters. The van der Waals surface area contributed by atoms with E-state index in [0.29, 0.717) is 13.2 Å². The Morgan fingerprint density at radius 1 is 1.18 bits per heavy atom. The van der Waals surface area contributed by atoms with Gasteiger partial charge in [-0.25, -0.2) is 0 Å². The topological polar surface area (TPSA) is 58.6 Å². The van der Waals surface area contributed by atoms with Crippen LogP contribution in [-0.4, -0.2) is 30.3 Å². The summed E-state index contributed by atoms with van der Waals surface area (Å²) in [5.41, 5.74) is 0. The number of aliphatic hydroxyl groups is 1. The number of benzene rings is 2. The number of carbonyl (C=O) groups is 1. The summed E-state index contributed by atoms with van der Waals surface area (Å²) in [5.74, 6) is 0.745. The van der Waals surface area contributed by atoms with Crippen LogP contribution in [0.15, 0.2) is 42.5 Å². The third-order valence-corrected chi connectivity index (χ3v) is 3.60. The Kier molecular flexibility index (Phi) is 5.78. The summed E-state index contributed by atoms with van der Waals surface area (Å²) in [6.45, 7) is 4.60. The Bertz CT molecular complexity index is 619. The fourth-order valence-electron chi connectivity index (χ4n) is 2.17. The molecule has 0 bridgehead atoms. The van der Waals surface area contributed by atoms with Gasteiger partial charge in [0, 0.05) is 5.39 Å². The lowest BCUT2D eigenvalue weighted by Crippen LogP contribution is -2.32. The molecule has 0 heterocycles. The molecule has 4 nitrogen and oxygen atoms in total. The smallest absolute Gasteiger partial charge is 0.222 e. The number of hydrogen-bond donors (Lipinski definition) is 2. The predicted molar refractivity (Wildman–Crippen MR) is 87.9 cm³/mol. The van der Waals surface area contributed by atoms with Crippen LogP contribution in [0, 0.1) is 5.92 Å². The predicted octanol–water partition coefficient (Wildman–Crippen LogP) is 2.74. The molecule has 0 fully saturated rings. The molecule has 2 N–H and O–H groups in total. The highest BCUT2D eigenvalue weighted by molar-refractivity contribution is 5.88. The van der Waals surface area contributed by atoms with Crippen molar-refractivity contribution in [2.24, 2.45) is 5.92 Å². The highest BCUT2D eigenvalue weighted by atomic mass is 16.5. The zero-order chi connectivity index (χ0) is 15.9. The number of fused-ring (bicyclic) bond motifs is 1. The van der Waals surface area contributed by atoms with Crippen molar-refractivity contribution in [1.29, 1.82) is 0 Å². The summed E-state index contributed by atoms with van der Waals surface area (Å²) in [6.07, 6.45) is -0.467. The molecule has 0 aromatic heterocycles. The van der Waals surface area contributed by atoms with E-state index in [-0.39, 0.29) is 18.2 Å². The number of ether oxygens (including phenoxy) is 1. The summed E-state index contributed by atoms with van der Waals surface area (Å²) in [4.78, 5) is 11.7. The van der Waals surface area contributed by atoms with Gasteiger partial charge in [-0.2, -0.15) is 0 Å². The van der Waals surface area contributed by atoms with Crippen molar-refractivity contribution in [2.75, 3.05) is 13.2 Å². The second kappa shape index (κ2) is 7.80. The van der Waals surface area contributed by atoms with Crippen molar-refractivity contribution < 1.29 is 14.6 Å². The zero-order valence-corrected chi connectivity index (χ0v) is 13.1. The molecular weight excluding hydrogens is 278 g/mol. The van der Waals surface area contributed by atoms with Gasteiger partial charge in [-0.3, -0.25) is 4.79 Å². The number of carbonyl (C=O) groups excluding carboxylic acids is 1. The average molecular weight is 301 g/mol. The van der Waals surface area contributed by atoms with Gasteiger partial charge in [0.15, 0.2) is 0 Å². The van der Waals surface area contributed by atoms with Crippen molar-refractivity contribution in [3.8, 4) is 5.75 Å². The monoisotopic (exact) mass is 301 g/mol. The van der Waals surface area contributed by atoms with Crippen LogP contribution in [0.25, 0.3) is 10.8 Å². The minimum Gasteiger partial charge on any atom is -0.491 e. The Labute approximate surface area is 131 Å². The van der Waals surface area contributed by atoms with E-state index < -0.39 is 6.10 Å². The molecule has 1 atom stereocenters. The summed E-state index contributed by atoms with van der Waals surface area (Å²) in [7, 11) is 0. The van der Waals surface area contributed by atoms with Gasteiger partial charge in [0.2, 0.25) is 5.91 Å². The fourth-order valence-corrected chi connectivity index (χ4v) is 2.17. The first kappa shape index (κ1) is 16.3. The van der Waals surface area contributed by atoms with Gasteiger partial charge >= 0.3 is 0 Å². The first-order chi connectivity index (χ1) is 10.6. The molecule has 1 amide bonds. The van der Waals surface area contributed by atoms with Crippen LogP contribution in [0.3, 0.4) is 0 Å². The summed E-state index contributed by atoms with van der Waals surface area (Å²) in [5, 5.41) is 14.6. The third-order valence-electron chi connectivity index (χ3n) is 3.60. The normalized spacial score (nSPS) is 12.4. The molecule has 4 heteroatoms. The molecular formula is C18H23NO3. The molecule has 2 aromatic carbocycles. The SMILES string of the molecule is CC(C)C(O)CC(=O)NCCOc1cccc2ccccc12. The van der Waals surface area contributed by atoms with Crippen molar-refractivity contribution in [3.63, 3.8) is 0 Å². The molecule has 0 radical (unpaired) electrons. The first-order valence-corrected chi connectivity index (χ1v) is 7.63. The number of hydrogen-bond acceptors (Lipinski definition) is 3. The van der Waals surface area contributed by atoms with Gasteiger partial charge in [0.1, 0.15) is 12.4 Å². The lowest BCUT2D eigenvalue weighted by molar-refractivity contribution is -0.123. The van der Waals surface area contributed by atoms with E-state index in [4.69, 9.17) is 4.74 Å². The summed E-state index contributed by atoms with van der Waals surface area (Å²) < 4.78 is 5.74. The maximum absolute atomic E-state index is 11.7. The van der Waals surface area contributed by atoms with Crippen LogP contribution in [0.2, 0.25) is 0 Å². The van der Waals surface area contributed by atoms with Crippen LogP contribution >= 0.6 is 0 Å². The van der Waals surface area contributed by atoms with E-state index >= 15 is 0 Å².